The van der Waals surface area contributed by atoms with E-state index in [4.69, 9.17) is 9.84 Å². The Bertz CT molecular complexity index is 472. The van der Waals surface area contributed by atoms with Gasteiger partial charge in [-0.25, -0.2) is 0 Å². The molecule has 0 aromatic heterocycles. The van der Waals surface area contributed by atoms with Gasteiger partial charge >= 0.3 is 5.97 Å². The van der Waals surface area contributed by atoms with Crippen LogP contribution < -0.4 is 10.1 Å². The van der Waals surface area contributed by atoms with Crippen LogP contribution in [-0.4, -0.2) is 24.2 Å². The summed E-state index contributed by atoms with van der Waals surface area (Å²) in [4.78, 5) is 10.7. The average Bonchev–Trinajstić information content (AvgIpc) is 2.98. The van der Waals surface area contributed by atoms with Gasteiger partial charge in [0.05, 0.1) is 12.5 Å². The molecule has 0 radical (unpaired) electrons. The number of fused-ring (bicyclic) bond motifs is 1. The first-order chi connectivity index (χ1) is 8.74. The van der Waals surface area contributed by atoms with Crippen LogP contribution in [0.5, 0.6) is 5.75 Å². The molecule has 0 amide bonds. The molecule has 1 aliphatic heterocycles. The lowest BCUT2D eigenvalue weighted by atomic mass is 10.1. The van der Waals surface area contributed by atoms with Gasteiger partial charge in [-0.15, -0.1) is 0 Å². The van der Waals surface area contributed by atoms with Crippen LogP contribution in [-0.2, 0) is 17.8 Å². The molecule has 2 unspecified atom stereocenters. The molecule has 4 heteroatoms. The van der Waals surface area contributed by atoms with Crippen LogP contribution in [0.25, 0.3) is 0 Å². The van der Waals surface area contributed by atoms with E-state index in [1.165, 1.54) is 11.1 Å². The molecule has 4 nitrogen and oxygen atoms in total. The Balaban J connectivity index is 1.48. The molecule has 1 aromatic rings. The molecule has 0 spiro atoms. The van der Waals surface area contributed by atoms with Crippen molar-refractivity contribution in [3.05, 3.63) is 29.3 Å². The Morgan fingerprint density at radius 3 is 3.17 bits per heavy atom. The summed E-state index contributed by atoms with van der Waals surface area (Å²) in [5.74, 6) is 0.551. The zero-order valence-electron chi connectivity index (χ0n) is 10.2. The summed E-state index contributed by atoms with van der Waals surface area (Å²) in [6.07, 6.45) is 1.81. The highest BCUT2D eigenvalue weighted by molar-refractivity contribution is 5.73. The summed E-state index contributed by atoms with van der Waals surface area (Å²) in [5.41, 5.74) is 2.52. The first-order valence-corrected chi connectivity index (χ1v) is 6.42. The summed E-state index contributed by atoms with van der Waals surface area (Å²) >= 11 is 0. The Morgan fingerprint density at radius 2 is 2.39 bits per heavy atom. The Hall–Kier alpha value is -1.55. The quantitative estimate of drug-likeness (QED) is 0.826. The number of carboxylic acids is 1. The molecule has 96 valence electrons. The van der Waals surface area contributed by atoms with Crippen LogP contribution in [0, 0.1) is 11.8 Å². The van der Waals surface area contributed by atoms with Gasteiger partial charge < -0.3 is 15.2 Å². The minimum Gasteiger partial charge on any atom is -0.493 e. The van der Waals surface area contributed by atoms with Gasteiger partial charge in [0.2, 0.25) is 0 Å². The summed E-state index contributed by atoms with van der Waals surface area (Å²) in [6.45, 7) is 2.38. The van der Waals surface area contributed by atoms with Gasteiger partial charge in [0.1, 0.15) is 5.75 Å². The SMILES string of the molecule is O=C(O)C1CC1CNCc1ccc2c(c1)CCO2. The van der Waals surface area contributed by atoms with Crippen molar-refractivity contribution in [2.45, 2.75) is 19.4 Å². The van der Waals surface area contributed by atoms with Crippen LogP contribution in [0.4, 0.5) is 0 Å². The number of nitrogens with one attached hydrogen (secondary N) is 1. The fourth-order valence-corrected chi connectivity index (χ4v) is 2.53. The van der Waals surface area contributed by atoms with E-state index in [0.29, 0.717) is 5.92 Å². The summed E-state index contributed by atoms with van der Waals surface area (Å²) in [5, 5.41) is 12.1. The number of benzene rings is 1. The first-order valence-electron chi connectivity index (χ1n) is 6.42. The largest absolute Gasteiger partial charge is 0.493 e. The zero-order chi connectivity index (χ0) is 12.5. The Morgan fingerprint density at radius 1 is 1.50 bits per heavy atom. The molecule has 2 atom stereocenters. The van der Waals surface area contributed by atoms with Crippen LogP contribution in [0.1, 0.15) is 17.5 Å². The predicted octanol–water partition coefficient (Wildman–Crippen LogP) is 1.43. The maximum absolute atomic E-state index is 10.7. The minimum atomic E-state index is -0.656. The van der Waals surface area contributed by atoms with Crippen molar-refractivity contribution in [1.82, 2.24) is 5.32 Å². The Labute approximate surface area is 106 Å². The molecule has 1 aliphatic carbocycles. The second-order valence-corrected chi connectivity index (χ2v) is 5.11. The molecule has 1 aromatic carbocycles. The van der Waals surface area contributed by atoms with Crippen molar-refractivity contribution >= 4 is 5.97 Å². The Kier molecular flexibility index (Phi) is 2.96. The van der Waals surface area contributed by atoms with E-state index in [2.05, 4.69) is 17.4 Å². The van der Waals surface area contributed by atoms with Gasteiger partial charge in [0.25, 0.3) is 0 Å². The lowest BCUT2D eigenvalue weighted by molar-refractivity contribution is -0.138. The molecule has 0 bridgehead atoms. The summed E-state index contributed by atoms with van der Waals surface area (Å²) < 4.78 is 5.46. The highest BCUT2D eigenvalue weighted by Crippen LogP contribution is 2.37. The van der Waals surface area contributed by atoms with Gasteiger partial charge in [-0.05, 0) is 36.1 Å². The summed E-state index contributed by atoms with van der Waals surface area (Å²) in [7, 11) is 0. The summed E-state index contributed by atoms with van der Waals surface area (Å²) in [6, 6.07) is 6.27. The van der Waals surface area contributed by atoms with E-state index < -0.39 is 5.97 Å². The zero-order valence-corrected chi connectivity index (χ0v) is 10.2. The van der Waals surface area contributed by atoms with Crippen LogP contribution >= 0.6 is 0 Å². The van der Waals surface area contributed by atoms with Crippen molar-refractivity contribution in [2.75, 3.05) is 13.2 Å². The number of carbonyl (C=O) groups is 1. The number of ether oxygens (including phenoxy) is 1. The van der Waals surface area contributed by atoms with Crippen LogP contribution in [0.15, 0.2) is 18.2 Å². The second kappa shape index (κ2) is 4.61. The number of rotatable bonds is 5. The van der Waals surface area contributed by atoms with E-state index >= 15 is 0 Å². The number of hydrogen-bond acceptors (Lipinski definition) is 3. The van der Waals surface area contributed by atoms with E-state index in [1.54, 1.807) is 0 Å². The van der Waals surface area contributed by atoms with E-state index in [-0.39, 0.29) is 5.92 Å². The first kappa shape index (κ1) is 11.5. The fourth-order valence-electron chi connectivity index (χ4n) is 2.53. The molecule has 3 rings (SSSR count). The molecular formula is C14H17NO3. The van der Waals surface area contributed by atoms with Gasteiger partial charge in [0.15, 0.2) is 0 Å². The maximum Gasteiger partial charge on any atom is 0.306 e. The third-order valence-electron chi connectivity index (χ3n) is 3.73. The highest BCUT2D eigenvalue weighted by atomic mass is 16.5. The number of carboxylic acid groups (broad SMARTS) is 1. The van der Waals surface area contributed by atoms with Crippen molar-refractivity contribution in [3.63, 3.8) is 0 Å². The van der Waals surface area contributed by atoms with Gasteiger partial charge in [-0.1, -0.05) is 12.1 Å². The molecule has 1 fully saturated rings. The third kappa shape index (κ3) is 2.34. The van der Waals surface area contributed by atoms with Crippen LogP contribution in [0.2, 0.25) is 0 Å². The van der Waals surface area contributed by atoms with Gasteiger partial charge in [-0.2, -0.15) is 0 Å². The van der Waals surface area contributed by atoms with Crippen LogP contribution in [0.3, 0.4) is 0 Å². The molecule has 18 heavy (non-hydrogen) atoms. The molecule has 2 aliphatic rings. The predicted molar refractivity (Wildman–Crippen MR) is 66.6 cm³/mol. The van der Waals surface area contributed by atoms with E-state index in [9.17, 15) is 4.79 Å². The second-order valence-electron chi connectivity index (χ2n) is 5.11. The lowest BCUT2D eigenvalue weighted by Gasteiger charge is -2.06. The molecular weight excluding hydrogens is 230 g/mol. The van der Waals surface area contributed by atoms with Crippen molar-refractivity contribution < 1.29 is 14.6 Å². The van der Waals surface area contributed by atoms with Gasteiger partial charge in [-0.3, -0.25) is 4.79 Å². The fraction of sp³-hybridized carbons (Fsp3) is 0.500. The molecule has 0 saturated heterocycles. The van der Waals surface area contributed by atoms with Crippen molar-refractivity contribution in [2.24, 2.45) is 11.8 Å². The van der Waals surface area contributed by atoms with Crippen molar-refractivity contribution in [3.8, 4) is 5.75 Å². The number of hydrogen-bond donors (Lipinski definition) is 2. The maximum atomic E-state index is 10.7. The van der Waals surface area contributed by atoms with E-state index in [1.807, 2.05) is 6.07 Å². The van der Waals surface area contributed by atoms with E-state index in [0.717, 1.165) is 38.3 Å². The minimum absolute atomic E-state index is 0.120. The third-order valence-corrected chi connectivity index (χ3v) is 3.73. The molecule has 1 heterocycles. The standard InChI is InChI=1S/C14H17NO3/c16-14(17)12-6-11(12)8-15-7-9-1-2-13-10(5-9)3-4-18-13/h1-2,5,11-12,15H,3-4,6-8H2,(H,16,17). The topological polar surface area (TPSA) is 58.6 Å². The van der Waals surface area contributed by atoms with Crippen molar-refractivity contribution in [1.29, 1.82) is 0 Å². The normalized spacial score (nSPS) is 24.4. The van der Waals surface area contributed by atoms with Gasteiger partial charge in [0, 0.05) is 13.0 Å². The molecule has 1 saturated carbocycles. The number of aliphatic carboxylic acids is 1. The lowest BCUT2D eigenvalue weighted by Crippen LogP contribution is -2.18. The monoisotopic (exact) mass is 247 g/mol. The highest BCUT2D eigenvalue weighted by Gasteiger charge is 2.42. The molecule has 2 N–H and O–H groups in total. The average molecular weight is 247 g/mol. The smallest absolute Gasteiger partial charge is 0.306 e.